The van der Waals surface area contributed by atoms with Crippen molar-refractivity contribution in [3.8, 4) is 11.5 Å². The summed E-state index contributed by atoms with van der Waals surface area (Å²) >= 11 is 3.60. The highest BCUT2D eigenvalue weighted by Gasteiger charge is 2.54. The minimum Gasteiger partial charge on any atom is -0.497 e. The molecule has 202 valence electrons. The number of benzene rings is 1. The molecule has 2 aromatic rings. The number of carbonyl (C=O) groups excluding carboxylic acids is 1. The van der Waals surface area contributed by atoms with Crippen molar-refractivity contribution in [2.24, 2.45) is 23.2 Å². The first-order valence-electron chi connectivity index (χ1n) is 13.3. The Morgan fingerprint density at radius 3 is 2.73 bits per heavy atom. The van der Waals surface area contributed by atoms with Crippen molar-refractivity contribution < 1.29 is 19.4 Å². The minimum atomic E-state index is -0.517. The molecule has 2 N–H and O–H groups in total. The molecule has 2 heterocycles. The van der Waals surface area contributed by atoms with E-state index in [4.69, 9.17) is 14.5 Å². The molecule has 9 heteroatoms. The average molecular weight is 546 g/mol. The predicted molar refractivity (Wildman–Crippen MR) is 150 cm³/mol. The lowest BCUT2D eigenvalue weighted by molar-refractivity contribution is -0.144. The van der Waals surface area contributed by atoms with Crippen LogP contribution >= 0.6 is 23.1 Å². The summed E-state index contributed by atoms with van der Waals surface area (Å²) in [7, 11) is 3.30. The average Bonchev–Trinajstić information content (AvgIpc) is 3.30. The van der Waals surface area contributed by atoms with Crippen molar-refractivity contribution in [1.82, 2.24) is 9.88 Å². The predicted octanol–water partition coefficient (Wildman–Crippen LogP) is 5.17. The van der Waals surface area contributed by atoms with E-state index in [-0.39, 0.29) is 35.0 Å². The molecular formula is C28H39N3O4S2. The normalized spacial score (nSPS) is 30.2. The van der Waals surface area contributed by atoms with E-state index in [1.165, 1.54) is 4.88 Å². The third kappa shape index (κ3) is 4.94. The van der Waals surface area contributed by atoms with Crippen LogP contribution < -0.4 is 14.8 Å². The molecule has 3 aliphatic rings. The Balaban J connectivity index is 1.37. The Labute approximate surface area is 228 Å². The van der Waals surface area contributed by atoms with Gasteiger partial charge in [0.1, 0.15) is 11.5 Å². The zero-order valence-corrected chi connectivity index (χ0v) is 24.1. The first-order valence-corrected chi connectivity index (χ1v) is 15.3. The Morgan fingerprint density at radius 1 is 1.27 bits per heavy atom. The summed E-state index contributed by atoms with van der Waals surface area (Å²) in [6.07, 6.45) is 2.29. The maximum absolute atomic E-state index is 13.3. The highest BCUT2D eigenvalue weighted by molar-refractivity contribution is 7.99. The summed E-state index contributed by atoms with van der Waals surface area (Å²) in [4.78, 5) is 21.6. The largest absolute Gasteiger partial charge is 0.497 e. The zero-order chi connectivity index (χ0) is 26.3. The number of fused-ring (bicyclic) bond motifs is 2. The number of hydrogen-bond donors (Lipinski definition) is 2. The van der Waals surface area contributed by atoms with Gasteiger partial charge in [-0.05, 0) is 48.6 Å². The van der Waals surface area contributed by atoms with Crippen LogP contribution in [0.4, 0.5) is 10.8 Å². The number of aliphatic hydroxyl groups is 1. The Morgan fingerprint density at radius 2 is 2.03 bits per heavy atom. The molecule has 0 radical (unpaired) electrons. The van der Waals surface area contributed by atoms with Crippen molar-refractivity contribution in [2.75, 3.05) is 44.1 Å². The van der Waals surface area contributed by atoms with E-state index in [0.29, 0.717) is 0 Å². The highest BCUT2D eigenvalue weighted by Crippen LogP contribution is 2.57. The molecule has 0 bridgehead atoms. The van der Waals surface area contributed by atoms with E-state index in [0.717, 1.165) is 71.9 Å². The summed E-state index contributed by atoms with van der Waals surface area (Å²) < 4.78 is 10.9. The van der Waals surface area contributed by atoms with Crippen LogP contribution in [0.5, 0.6) is 11.5 Å². The number of methoxy groups -OCH3 is 2. The standard InChI is InChI=1S/C28H39N3O4S2/c1-16(26(33)31-10-12-36-13-11-31)19-8-9-28(3)15-22-24(17(2)23(28)25(19)32)30-27(37-22)29-20-14-18(34-4)6-7-21(20)35-5/h6-7,14,16-17,19,23,25,32H,8-13,15H2,1-5H3,(H,29,30)/t16-,17-,19+,23+,25-,28-/m0/s1. The molecule has 1 aliphatic heterocycles. The van der Waals surface area contributed by atoms with Crippen LogP contribution in [-0.4, -0.2) is 65.8 Å². The van der Waals surface area contributed by atoms with Gasteiger partial charge in [-0.15, -0.1) is 11.3 Å². The molecule has 6 atom stereocenters. The van der Waals surface area contributed by atoms with E-state index < -0.39 is 6.10 Å². The van der Waals surface area contributed by atoms with Gasteiger partial charge in [0.25, 0.3) is 0 Å². The van der Waals surface area contributed by atoms with Gasteiger partial charge in [0.2, 0.25) is 5.91 Å². The van der Waals surface area contributed by atoms with Gasteiger partial charge in [0.15, 0.2) is 5.13 Å². The smallest absolute Gasteiger partial charge is 0.225 e. The number of nitrogens with one attached hydrogen (secondary N) is 1. The number of aliphatic hydroxyl groups excluding tert-OH is 1. The third-order valence-corrected chi connectivity index (χ3v) is 10.9. The number of rotatable bonds is 6. The van der Waals surface area contributed by atoms with E-state index >= 15 is 0 Å². The fourth-order valence-electron chi connectivity index (χ4n) is 6.88. The van der Waals surface area contributed by atoms with Crippen LogP contribution in [0.1, 0.15) is 50.1 Å². The fourth-order valence-corrected chi connectivity index (χ4v) is 9.06. The van der Waals surface area contributed by atoms with Gasteiger partial charge in [-0.2, -0.15) is 11.8 Å². The van der Waals surface area contributed by atoms with Crippen LogP contribution in [0.2, 0.25) is 0 Å². The van der Waals surface area contributed by atoms with Gasteiger partial charge in [0, 0.05) is 47.4 Å². The zero-order valence-electron chi connectivity index (χ0n) is 22.5. The third-order valence-electron chi connectivity index (χ3n) is 8.92. The molecule has 7 nitrogen and oxygen atoms in total. The number of thioether (sulfide) groups is 1. The summed E-state index contributed by atoms with van der Waals surface area (Å²) in [6, 6.07) is 5.67. The molecule has 2 fully saturated rings. The van der Waals surface area contributed by atoms with Crippen LogP contribution in [0.25, 0.3) is 0 Å². The number of amides is 1. The molecule has 1 aromatic heterocycles. The van der Waals surface area contributed by atoms with E-state index in [1.807, 2.05) is 41.8 Å². The molecule has 1 saturated heterocycles. The summed E-state index contributed by atoms with van der Waals surface area (Å²) in [5.41, 5.74) is 1.88. The fraction of sp³-hybridized carbons (Fsp3) is 0.643. The summed E-state index contributed by atoms with van der Waals surface area (Å²) in [6.45, 7) is 8.21. The SMILES string of the molecule is COc1ccc(OC)c(Nc2nc3c(s2)C[C@]2(C)CC[C@H]([C@H](C)C(=O)N4CCSCC4)[C@H](O)[C@H]2[C@@H]3C)c1. The monoisotopic (exact) mass is 545 g/mol. The Bertz CT molecular complexity index is 1130. The maximum Gasteiger partial charge on any atom is 0.225 e. The van der Waals surface area contributed by atoms with Gasteiger partial charge < -0.3 is 24.8 Å². The van der Waals surface area contributed by atoms with Crippen LogP contribution in [-0.2, 0) is 11.2 Å². The molecule has 0 spiro atoms. The van der Waals surface area contributed by atoms with E-state index in [2.05, 4.69) is 19.2 Å². The molecule has 1 aromatic carbocycles. The second-order valence-electron chi connectivity index (χ2n) is 11.1. The Kier molecular flexibility index (Phi) is 7.67. The van der Waals surface area contributed by atoms with Gasteiger partial charge in [-0.25, -0.2) is 4.98 Å². The summed E-state index contributed by atoms with van der Waals surface area (Å²) in [5, 5.41) is 16.0. The van der Waals surface area contributed by atoms with Gasteiger partial charge >= 0.3 is 0 Å². The van der Waals surface area contributed by atoms with Crippen molar-refractivity contribution in [3.05, 3.63) is 28.8 Å². The molecule has 2 aliphatic carbocycles. The van der Waals surface area contributed by atoms with Gasteiger partial charge in [-0.1, -0.05) is 20.8 Å². The lowest BCUT2D eigenvalue weighted by atomic mass is 9.53. The molecule has 37 heavy (non-hydrogen) atoms. The number of carbonyl (C=O) groups is 1. The molecule has 1 saturated carbocycles. The second kappa shape index (κ2) is 10.7. The van der Waals surface area contributed by atoms with Crippen molar-refractivity contribution in [2.45, 2.75) is 52.1 Å². The lowest BCUT2D eigenvalue weighted by Crippen LogP contribution is -2.54. The van der Waals surface area contributed by atoms with Crippen molar-refractivity contribution in [1.29, 1.82) is 0 Å². The molecule has 1 amide bonds. The maximum atomic E-state index is 13.3. The van der Waals surface area contributed by atoms with Crippen molar-refractivity contribution in [3.63, 3.8) is 0 Å². The first kappa shape index (κ1) is 26.6. The second-order valence-corrected chi connectivity index (χ2v) is 13.4. The highest BCUT2D eigenvalue weighted by atomic mass is 32.2. The number of ether oxygens (including phenoxy) is 2. The lowest BCUT2D eigenvalue weighted by Gasteiger charge is -2.53. The quantitative estimate of drug-likeness (QED) is 0.518. The number of thiazole rings is 1. The number of anilines is 2. The van der Waals surface area contributed by atoms with E-state index in [1.54, 1.807) is 25.6 Å². The van der Waals surface area contributed by atoms with E-state index in [9.17, 15) is 9.90 Å². The number of hydrogen-bond acceptors (Lipinski definition) is 8. The minimum absolute atomic E-state index is 0.00960. The van der Waals surface area contributed by atoms with Crippen molar-refractivity contribution >= 4 is 39.8 Å². The van der Waals surface area contributed by atoms with Crippen LogP contribution in [0.15, 0.2) is 18.2 Å². The topological polar surface area (TPSA) is 83.9 Å². The van der Waals surface area contributed by atoms with Crippen LogP contribution in [0, 0.1) is 23.2 Å². The molecule has 5 rings (SSSR count). The van der Waals surface area contributed by atoms with Crippen LogP contribution in [0.3, 0.4) is 0 Å². The molecular weight excluding hydrogens is 506 g/mol. The van der Waals surface area contributed by atoms with Gasteiger partial charge in [0.05, 0.1) is 31.7 Å². The number of nitrogens with zero attached hydrogens (tertiary/aromatic N) is 2. The number of aromatic nitrogens is 1. The first-order chi connectivity index (χ1) is 17.8. The summed E-state index contributed by atoms with van der Waals surface area (Å²) in [5.74, 6) is 3.72. The molecule has 0 unspecified atom stereocenters. The Hall–Kier alpha value is -1.97. The van der Waals surface area contributed by atoms with Gasteiger partial charge in [-0.3, -0.25) is 4.79 Å².